The van der Waals surface area contributed by atoms with Gasteiger partial charge < -0.3 is 4.90 Å². The maximum Gasteiger partial charge on any atom is 0.523 e. The number of allylic oxidation sites excluding steroid dienone is 2. The summed E-state index contributed by atoms with van der Waals surface area (Å²) >= 11 is 0. The van der Waals surface area contributed by atoms with Crippen molar-refractivity contribution in [3.63, 3.8) is 0 Å². The van der Waals surface area contributed by atoms with Crippen LogP contribution in [0.4, 0.5) is 27.6 Å². The van der Waals surface area contributed by atoms with E-state index < -0.39 is 29.0 Å². The molecule has 6 rings (SSSR count). The van der Waals surface area contributed by atoms with Crippen molar-refractivity contribution in [2.45, 2.75) is 70.6 Å². The molecule has 272 valence electrons. The van der Waals surface area contributed by atoms with Gasteiger partial charge >= 0.3 is 12.1 Å². The Labute approximate surface area is 292 Å². The fraction of sp³-hybridized carbons (Fsp3) is 0.444. The van der Waals surface area contributed by atoms with Crippen molar-refractivity contribution in [1.29, 1.82) is 0 Å². The Morgan fingerprint density at radius 1 is 0.941 bits per heavy atom. The highest BCUT2D eigenvalue weighted by Gasteiger charge is 2.46. The molecule has 2 aromatic carbocycles. The van der Waals surface area contributed by atoms with Crippen LogP contribution in [-0.2, 0) is 23.2 Å². The van der Waals surface area contributed by atoms with Gasteiger partial charge in [-0.15, -0.1) is 13.2 Å². The summed E-state index contributed by atoms with van der Waals surface area (Å²) in [4.78, 5) is 21.9. The summed E-state index contributed by atoms with van der Waals surface area (Å²) in [5, 5.41) is 8.55. The minimum atomic E-state index is -4.75. The van der Waals surface area contributed by atoms with E-state index in [4.69, 9.17) is 0 Å². The van der Waals surface area contributed by atoms with E-state index in [0.717, 1.165) is 11.8 Å². The second-order valence-electron chi connectivity index (χ2n) is 13.7. The number of benzene rings is 2. The quantitative estimate of drug-likeness (QED) is 0.180. The van der Waals surface area contributed by atoms with Crippen molar-refractivity contribution < 1.29 is 26.7 Å². The zero-order chi connectivity index (χ0) is 36.6. The predicted octanol–water partition coefficient (Wildman–Crippen LogP) is 5.89. The van der Waals surface area contributed by atoms with Crippen LogP contribution in [0.2, 0.25) is 0 Å². The lowest BCUT2D eigenvalue weighted by atomic mass is 9.66. The first-order valence-corrected chi connectivity index (χ1v) is 16.8. The first kappa shape index (κ1) is 36.2. The van der Waals surface area contributed by atoms with Gasteiger partial charge in [0.05, 0.1) is 24.4 Å². The summed E-state index contributed by atoms with van der Waals surface area (Å²) in [5.41, 5.74) is 0.0909. The third kappa shape index (κ3) is 7.69. The molecular formula is C36H41F5N8O2. The van der Waals surface area contributed by atoms with E-state index in [1.807, 2.05) is 24.3 Å². The molecule has 15 heteroatoms. The number of rotatable bonds is 11. The van der Waals surface area contributed by atoms with Crippen molar-refractivity contribution in [3.8, 4) is 5.69 Å². The number of hydrogen-bond donors (Lipinski definition) is 0. The highest BCUT2D eigenvalue weighted by molar-refractivity contribution is 5.51. The molecule has 2 aliphatic rings. The molecule has 0 spiro atoms. The maximum absolute atomic E-state index is 15.5. The molecule has 0 N–H and O–H groups in total. The monoisotopic (exact) mass is 712 g/mol. The molecule has 0 bridgehead atoms. The van der Waals surface area contributed by atoms with Gasteiger partial charge in [-0.25, -0.2) is 27.8 Å². The number of nitrogens with zero attached hydrogens (tertiary/aromatic N) is 8. The lowest BCUT2D eigenvalue weighted by molar-refractivity contribution is -0.355. The number of hydrogen-bond acceptors (Lipinski definition) is 7. The van der Waals surface area contributed by atoms with Crippen LogP contribution < -0.4 is 10.6 Å². The summed E-state index contributed by atoms with van der Waals surface area (Å²) < 4.78 is 76.4. The Morgan fingerprint density at radius 3 is 2.24 bits per heavy atom. The number of piperazine rings is 1. The number of aromatic nitrogens is 6. The van der Waals surface area contributed by atoms with Gasteiger partial charge in [-0.2, -0.15) is 10.2 Å². The van der Waals surface area contributed by atoms with Crippen molar-refractivity contribution in [3.05, 3.63) is 113 Å². The van der Waals surface area contributed by atoms with E-state index in [2.05, 4.69) is 50.5 Å². The largest absolute Gasteiger partial charge is 0.523 e. The summed E-state index contributed by atoms with van der Waals surface area (Å²) in [6, 6.07) is 11.3. The molecule has 0 saturated carbocycles. The zero-order valence-corrected chi connectivity index (χ0v) is 28.9. The van der Waals surface area contributed by atoms with E-state index in [1.165, 1.54) is 47.0 Å². The van der Waals surface area contributed by atoms with Crippen molar-refractivity contribution in [2.24, 2.45) is 5.92 Å². The molecule has 1 fully saturated rings. The van der Waals surface area contributed by atoms with Gasteiger partial charge in [-0.05, 0) is 67.7 Å². The lowest BCUT2D eigenvalue weighted by Gasteiger charge is -2.50. The standard InChI is InChI=1S/C36H41F5N8O2/c1-25(2)35(21-47-23-42-22-43-47,31-10-5-28(37)19-32(31)38)26(3)45-15-17-46(18-16-45)29-6-8-30(9-7-29)48-24-44-49(33(48)50)20-27-11-13-34(4,14-12-27)51-36(39,40)41/h5-13,19,22-26H,14-18,20-21H2,1-4H3/t26?,34-,35?/m1/s1. The van der Waals surface area contributed by atoms with Gasteiger partial charge in [0.15, 0.2) is 0 Å². The van der Waals surface area contributed by atoms with Gasteiger partial charge in [0.25, 0.3) is 0 Å². The van der Waals surface area contributed by atoms with Gasteiger partial charge in [-0.3, -0.25) is 14.3 Å². The number of anilines is 1. The summed E-state index contributed by atoms with van der Waals surface area (Å²) in [6.07, 6.45) is 4.24. The normalized spacial score (nSPS) is 20.4. The average Bonchev–Trinajstić information content (AvgIpc) is 3.73. The number of alkyl halides is 3. The summed E-state index contributed by atoms with van der Waals surface area (Å²) in [5.74, 6) is -1.23. The molecule has 1 aliphatic heterocycles. The van der Waals surface area contributed by atoms with E-state index in [-0.39, 0.29) is 30.6 Å². The van der Waals surface area contributed by atoms with Gasteiger partial charge in [0.2, 0.25) is 0 Å². The lowest BCUT2D eigenvalue weighted by Crippen LogP contribution is -2.59. The molecule has 3 heterocycles. The molecule has 0 amide bonds. The highest BCUT2D eigenvalue weighted by atomic mass is 19.4. The summed E-state index contributed by atoms with van der Waals surface area (Å²) in [7, 11) is 0. The third-order valence-electron chi connectivity index (χ3n) is 10.3. The molecule has 1 saturated heterocycles. The van der Waals surface area contributed by atoms with E-state index in [1.54, 1.807) is 23.2 Å². The number of ether oxygens (including phenoxy) is 1. The minimum Gasteiger partial charge on any atom is -0.369 e. The van der Waals surface area contributed by atoms with Crippen LogP contribution in [0.1, 0.15) is 39.7 Å². The molecule has 2 aromatic heterocycles. The molecule has 51 heavy (non-hydrogen) atoms. The third-order valence-corrected chi connectivity index (χ3v) is 10.3. The van der Waals surface area contributed by atoms with Crippen LogP contribution >= 0.6 is 0 Å². The second kappa shape index (κ2) is 14.2. The Morgan fingerprint density at radius 2 is 1.65 bits per heavy atom. The Bertz CT molecular complexity index is 1930. The Kier molecular flexibility index (Phi) is 10.1. The van der Waals surface area contributed by atoms with Crippen molar-refractivity contribution in [1.82, 2.24) is 34.0 Å². The van der Waals surface area contributed by atoms with Crippen LogP contribution in [0.5, 0.6) is 0 Å². The maximum atomic E-state index is 15.5. The van der Waals surface area contributed by atoms with Crippen molar-refractivity contribution >= 4 is 5.69 Å². The molecule has 0 radical (unpaired) electrons. The minimum absolute atomic E-state index is 0.0107. The van der Waals surface area contributed by atoms with Gasteiger partial charge in [-0.1, -0.05) is 38.1 Å². The first-order valence-electron chi connectivity index (χ1n) is 16.8. The first-order chi connectivity index (χ1) is 24.2. The average molecular weight is 713 g/mol. The van der Waals surface area contributed by atoms with Gasteiger partial charge in [0.1, 0.15) is 30.6 Å². The molecule has 4 aromatic rings. The molecule has 2 unspecified atom stereocenters. The van der Waals surface area contributed by atoms with Crippen LogP contribution in [0.3, 0.4) is 0 Å². The Balaban J connectivity index is 1.12. The Hall–Kier alpha value is -4.63. The predicted molar refractivity (Wildman–Crippen MR) is 181 cm³/mol. The highest BCUT2D eigenvalue weighted by Crippen LogP contribution is 2.42. The van der Waals surface area contributed by atoms with E-state index >= 15 is 4.39 Å². The van der Waals surface area contributed by atoms with Crippen LogP contribution in [-0.4, -0.2) is 78.2 Å². The van der Waals surface area contributed by atoms with Crippen molar-refractivity contribution in [2.75, 3.05) is 31.1 Å². The van der Waals surface area contributed by atoms with Crippen LogP contribution in [0.25, 0.3) is 5.69 Å². The van der Waals surface area contributed by atoms with Crippen LogP contribution in [0, 0.1) is 17.6 Å². The molecule has 1 aliphatic carbocycles. The molecule has 3 atom stereocenters. The molecular weight excluding hydrogens is 671 g/mol. The van der Waals surface area contributed by atoms with E-state index in [9.17, 15) is 22.4 Å². The fourth-order valence-corrected chi connectivity index (χ4v) is 7.39. The topological polar surface area (TPSA) is 86.2 Å². The fourth-order valence-electron chi connectivity index (χ4n) is 7.39. The zero-order valence-electron chi connectivity index (χ0n) is 28.9. The van der Waals surface area contributed by atoms with Gasteiger partial charge in [0, 0.05) is 49.4 Å². The van der Waals surface area contributed by atoms with Crippen LogP contribution in [0.15, 0.2) is 90.0 Å². The van der Waals surface area contributed by atoms with E-state index in [0.29, 0.717) is 49.5 Å². The summed E-state index contributed by atoms with van der Waals surface area (Å²) in [6.45, 7) is 10.9. The smallest absolute Gasteiger partial charge is 0.369 e. The number of halogens is 5. The SMILES string of the molecule is CC(C)C(Cn1cncn1)(c1ccc(F)cc1F)C(C)N1CCN(c2ccc(-n3cnn(CC4=CC[C@](C)(OC(F)(F)F)C=C4)c3=O)cc2)CC1. The second-order valence-corrected chi connectivity index (χ2v) is 13.7. The molecule has 10 nitrogen and oxygen atoms in total.